The molecule has 0 saturated heterocycles. The van der Waals surface area contributed by atoms with Gasteiger partial charge >= 0.3 is 0 Å². The van der Waals surface area contributed by atoms with Crippen LogP contribution in [0, 0.1) is 5.95 Å². The lowest BCUT2D eigenvalue weighted by molar-refractivity contribution is 0.0866. The predicted octanol–water partition coefficient (Wildman–Crippen LogP) is 4.14. The first-order valence-electron chi connectivity index (χ1n) is 12.3. The minimum absolute atomic E-state index is 0.0765. The Morgan fingerprint density at radius 3 is 2.74 bits per heavy atom. The Labute approximate surface area is 203 Å². The molecule has 1 fully saturated rings. The van der Waals surface area contributed by atoms with Crippen LogP contribution in [-0.2, 0) is 6.54 Å². The smallest absolute Gasteiger partial charge is 0.267 e. The van der Waals surface area contributed by atoms with Crippen molar-refractivity contribution in [1.29, 1.82) is 0 Å². The number of amides is 1. The summed E-state index contributed by atoms with van der Waals surface area (Å²) in [5, 5.41) is 8.43. The van der Waals surface area contributed by atoms with E-state index < -0.39 is 5.95 Å². The van der Waals surface area contributed by atoms with Crippen molar-refractivity contribution < 1.29 is 9.18 Å². The van der Waals surface area contributed by atoms with Crippen LogP contribution in [0.1, 0.15) is 48.5 Å². The van der Waals surface area contributed by atoms with Gasteiger partial charge in [0.2, 0.25) is 11.9 Å². The highest BCUT2D eigenvalue weighted by molar-refractivity contribution is 6.20. The highest BCUT2D eigenvalue weighted by atomic mass is 19.1. The van der Waals surface area contributed by atoms with Gasteiger partial charge in [-0.2, -0.15) is 9.49 Å². The molecule has 2 aliphatic heterocycles. The molecule has 35 heavy (non-hydrogen) atoms. The maximum Gasteiger partial charge on any atom is 0.267 e. The number of guanidine groups is 1. The van der Waals surface area contributed by atoms with Crippen molar-refractivity contribution in [1.82, 2.24) is 19.7 Å². The molecular weight excluding hydrogens is 445 g/mol. The average Bonchev–Trinajstić information content (AvgIpc) is 3.55. The number of aromatic nitrogens is 3. The molecule has 2 atom stereocenters. The van der Waals surface area contributed by atoms with Crippen molar-refractivity contribution in [3.8, 4) is 11.3 Å². The molecule has 3 aromatic rings. The standard InChI is InChI=1S/C26H28FN7O/c1-3-14-28-23-22-24(34-20-8-4-7-19(20)30-26(34)32(2)25(22)35)31-33(23)15-16-10-12-17(13-11-16)18-6-5-9-21(27)29-18/h5-6,9-13,19-20,28H,3-4,7-8,14-15H2,1-2H3/t19-,20+/m1/s1. The first-order chi connectivity index (χ1) is 17.0. The van der Waals surface area contributed by atoms with Crippen LogP contribution in [0.3, 0.4) is 0 Å². The fourth-order valence-corrected chi connectivity index (χ4v) is 5.37. The van der Waals surface area contributed by atoms with Gasteiger partial charge < -0.3 is 5.32 Å². The largest absolute Gasteiger partial charge is 0.370 e. The molecule has 6 rings (SSSR count). The van der Waals surface area contributed by atoms with Crippen LogP contribution >= 0.6 is 0 Å². The van der Waals surface area contributed by atoms with E-state index in [9.17, 15) is 9.18 Å². The SMILES string of the molecule is CCCNc1c2c(nn1Cc1ccc(-c3cccc(F)n3)cc1)N1C(=N[C@@H]3CCC[C@@H]31)N(C)C2=O. The summed E-state index contributed by atoms with van der Waals surface area (Å²) in [6.07, 6.45) is 4.18. The third-order valence-corrected chi connectivity index (χ3v) is 7.09. The zero-order valence-electron chi connectivity index (χ0n) is 19.9. The second-order valence-electron chi connectivity index (χ2n) is 9.40. The Bertz CT molecular complexity index is 1320. The molecule has 180 valence electrons. The molecule has 2 aromatic heterocycles. The van der Waals surface area contributed by atoms with Gasteiger partial charge in [-0.15, -0.1) is 0 Å². The second-order valence-corrected chi connectivity index (χ2v) is 9.40. The first-order valence-corrected chi connectivity index (χ1v) is 12.3. The van der Waals surface area contributed by atoms with E-state index in [0.29, 0.717) is 23.6 Å². The fraction of sp³-hybridized carbons (Fsp3) is 0.385. The zero-order chi connectivity index (χ0) is 24.1. The quantitative estimate of drug-likeness (QED) is 0.545. The van der Waals surface area contributed by atoms with E-state index in [2.05, 4.69) is 22.1 Å². The van der Waals surface area contributed by atoms with Crippen LogP contribution in [0.5, 0.6) is 0 Å². The molecule has 1 aromatic carbocycles. The van der Waals surface area contributed by atoms with Gasteiger partial charge in [-0.1, -0.05) is 37.3 Å². The number of carbonyl (C=O) groups is 1. The summed E-state index contributed by atoms with van der Waals surface area (Å²) in [7, 11) is 1.80. The van der Waals surface area contributed by atoms with E-state index >= 15 is 0 Å². The second kappa shape index (κ2) is 8.48. The van der Waals surface area contributed by atoms with Gasteiger partial charge in [-0.3, -0.25) is 14.6 Å². The first kappa shape index (κ1) is 21.8. The summed E-state index contributed by atoms with van der Waals surface area (Å²) in [5.74, 6) is 1.60. The van der Waals surface area contributed by atoms with Crippen LogP contribution < -0.4 is 10.2 Å². The monoisotopic (exact) mass is 473 g/mol. The van der Waals surface area contributed by atoms with Crippen LogP contribution in [0.25, 0.3) is 11.3 Å². The Hall–Kier alpha value is -3.75. The molecule has 0 unspecified atom stereocenters. The number of anilines is 2. The molecule has 3 aliphatic rings. The number of nitrogens with one attached hydrogen (secondary N) is 1. The number of hydrogen-bond donors (Lipinski definition) is 1. The van der Waals surface area contributed by atoms with Gasteiger partial charge in [-0.25, -0.2) is 14.7 Å². The number of fused-ring (bicyclic) bond motifs is 5. The van der Waals surface area contributed by atoms with E-state index in [1.54, 1.807) is 24.1 Å². The zero-order valence-corrected chi connectivity index (χ0v) is 19.9. The number of benzene rings is 1. The lowest BCUT2D eigenvalue weighted by atomic mass is 10.1. The van der Waals surface area contributed by atoms with Crippen LogP contribution in [0.15, 0.2) is 47.5 Å². The molecule has 4 heterocycles. The number of aliphatic imine (C=N–C) groups is 1. The third kappa shape index (κ3) is 3.57. The van der Waals surface area contributed by atoms with Crippen LogP contribution in [0.4, 0.5) is 16.0 Å². The van der Waals surface area contributed by atoms with Crippen molar-refractivity contribution in [2.24, 2.45) is 4.99 Å². The number of pyridine rings is 1. The molecule has 1 aliphatic carbocycles. The summed E-state index contributed by atoms with van der Waals surface area (Å²) in [4.78, 5) is 26.1. The minimum atomic E-state index is -0.496. The summed E-state index contributed by atoms with van der Waals surface area (Å²) in [5.41, 5.74) is 3.09. The van der Waals surface area contributed by atoms with Crippen LogP contribution in [0.2, 0.25) is 0 Å². The molecule has 1 N–H and O–H groups in total. The van der Waals surface area contributed by atoms with Gasteiger partial charge in [0.25, 0.3) is 5.91 Å². The molecule has 1 saturated carbocycles. The van der Waals surface area contributed by atoms with E-state index in [4.69, 9.17) is 10.1 Å². The summed E-state index contributed by atoms with van der Waals surface area (Å²) < 4.78 is 15.4. The van der Waals surface area contributed by atoms with Crippen molar-refractivity contribution in [2.45, 2.75) is 51.2 Å². The normalized spacial score (nSPS) is 20.5. The topological polar surface area (TPSA) is 78.7 Å². The lowest BCUT2D eigenvalue weighted by Gasteiger charge is -2.34. The number of nitrogens with zero attached hydrogens (tertiary/aromatic N) is 6. The molecule has 0 radical (unpaired) electrons. The lowest BCUT2D eigenvalue weighted by Crippen LogP contribution is -2.51. The Balaban J connectivity index is 1.36. The fourth-order valence-electron chi connectivity index (χ4n) is 5.37. The van der Waals surface area contributed by atoms with Crippen LogP contribution in [-0.4, -0.2) is 57.2 Å². The molecular formula is C26H28FN7O. The number of rotatable bonds is 6. The molecule has 1 amide bonds. The van der Waals surface area contributed by atoms with Crippen molar-refractivity contribution >= 4 is 23.5 Å². The predicted molar refractivity (Wildman–Crippen MR) is 133 cm³/mol. The molecule has 0 spiro atoms. The molecule has 0 bridgehead atoms. The minimum Gasteiger partial charge on any atom is -0.370 e. The van der Waals surface area contributed by atoms with Gasteiger partial charge in [0, 0.05) is 19.2 Å². The van der Waals surface area contributed by atoms with E-state index in [1.807, 2.05) is 28.9 Å². The Morgan fingerprint density at radius 2 is 1.97 bits per heavy atom. The molecule has 8 nitrogen and oxygen atoms in total. The number of carbonyl (C=O) groups excluding carboxylic acids is 1. The Morgan fingerprint density at radius 1 is 1.14 bits per heavy atom. The maximum absolute atomic E-state index is 13.5. The van der Waals surface area contributed by atoms with Gasteiger partial charge in [0.05, 0.1) is 24.3 Å². The number of halogens is 1. The highest BCUT2D eigenvalue weighted by Gasteiger charge is 2.49. The van der Waals surface area contributed by atoms with Gasteiger partial charge in [0.1, 0.15) is 11.4 Å². The third-order valence-electron chi connectivity index (χ3n) is 7.09. The van der Waals surface area contributed by atoms with Crippen molar-refractivity contribution in [3.63, 3.8) is 0 Å². The Kier molecular flexibility index (Phi) is 5.27. The molecule has 9 heteroatoms. The van der Waals surface area contributed by atoms with Gasteiger partial charge in [0.15, 0.2) is 5.82 Å². The highest BCUT2D eigenvalue weighted by Crippen LogP contribution is 2.42. The van der Waals surface area contributed by atoms with E-state index in [-0.39, 0.29) is 18.0 Å². The van der Waals surface area contributed by atoms with Gasteiger partial charge in [-0.05, 0) is 43.4 Å². The maximum atomic E-state index is 13.5. The van der Waals surface area contributed by atoms with Crippen molar-refractivity contribution in [2.75, 3.05) is 23.8 Å². The van der Waals surface area contributed by atoms with Crippen molar-refractivity contribution in [3.05, 3.63) is 59.5 Å². The summed E-state index contributed by atoms with van der Waals surface area (Å²) >= 11 is 0. The average molecular weight is 474 g/mol. The number of hydrogen-bond acceptors (Lipinski definition) is 6. The van der Waals surface area contributed by atoms with E-state index in [1.165, 1.54) is 6.07 Å². The summed E-state index contributed by atoms with van der Waals surface area (Å²) in [6.45, 7) is 3.34. The van der Waals surface area contributed by atoms with E-state index in [0.717, 1.165) is 55.1 Å². The summed E-state index contributed by atoms with van der Waals surface area (Å²) in [6, 6.07) is 13.1.